The molecule has 3 aliphatic rings. The maximum Gasteiger partial charge on any atom is 0.326 e. The van der Waals surface area contributed by atoms with Crippen molar-refractivity contribution in [2.45, 2.75) is 260 Å². The van der Waals surface area contributed by atoms with Gasteiger partial charge in [0.15, 0.2) is 5.96 Å². The van der Waals surface area contributed by atoms with Crippen LogP contribution in [-0.4, -0.2) is 330 Å². The topological polar surface area (TPSA) is 777 Å². The first kappa shape index (κ1) is 114. The number of amides is 17. The largest absolute Gasteiger partial charge is 0.481 e. The number of aliphatic hydroxyl groups is 1. The first-order chi connectivity index (χ1) is 64.7. The molecule has 0 saturated carbocycles. The lowest BCUT2D eigenvalue weighted by Gasteiger charge is -2.34. The van der Waals surface area contributed by atoms with Gasteiger partial charge in [0.2, 0.25) is 100 Å². The van der Waals surface area contributed by atoms with Crippen LogP contribution in [0, 0.1) is 23.2 Å². The Morgan fingerprint density at radius 2 is 0.832 bits per heavy atom. The summed E-state index contributed by atoms with van der Waals surface area (Å²) in [5, 5.41) is 101. The van der Waals surface area contributed by atoms with Gasteiger partial charge in [0.1, 0.15) is 90.6 Å². The maximum atomic E-state index is 15.0. The minimum absolute atomic E-state index is 0.00646. The molecule has 50 heteroatoms. The Kier molecular flexibility index (Phi) is 47.0. The molecule has 0 radical (unpaired) electrons. The summed E-state index contributed by atoms with van der Waals surface area (Å²) in [5.74, 6) is -27.9. The molecule has 2 aromatic rings. The summed E-state index contributed by atoms with van der Waals surface area (Å²) < 4.78 is 0. The number of nitrogens with zero attached hydrogens (tertiary/aromatic N) is 3. The van der Waals surface area contributed by atoms with Crippen LogP contribution in [0.5, 0.6) is 0 Å². The second-order valence-corrected chi connectivity index (χ2v) is 35.3. The highest BCUT2D eigenvalue weighted by atomic mass is 32.2. The van der Waals surface area contributed by atoms with Crippen LogP contribution < -0.4 is 91.6 Å². The predicted octanol–water partition coefficient (Wildman–Crippen LogP) is -6.29. The number of guanidine groups is 1. The first-order valence-electron chi connectivity index (χ1n) is 44.9. The Balaban J connectivity index is 1.28. The number of aliphatic carboxylic acids is 5. The number of carboxylic acid groups (broad SMARTS) is 5. The van der Waals surface area contributed by atoms with Crippen molar-refractivity contribution in [1.82, 2.24) is 89.1 Å². The Morgan fingerprint density at radius 3 is 1.26 bits per heavy atom. The quantitative estimate of drug-likeness (QED) is 0.0166. The number of benzene rings is 2. The predicted molar refractivity (Wildman–Crippen MR) is 487 cm³/mol. The number of hydrogen-bond acceptors (Lipinski definition) is 26. The molecule has 3 saturated heterocycles. The van der Waals surface area contributed by atoms with E-state index >= 15 is 0 Å². The average molecular weight is 1950 g/mol. The standard InChI is InChI=1S/C87H129N21O28S/c1-8-46(6)70(85(134)108-33-18-25-61(108)80(129)103-59(43-109)78(127)98-54(37-48-21-13-10-14-22-48)73(122)100-58(41-68(118)119)77(126)102-56(39-66(114)115)75(124)96-52(86(135)136)29-34-137-7)105-81(130)62-26-17-32-107(62)83(132)50(23-15-30-92-87(90)91)95-82(131)69(45(4)5)104-64(111)42-93-79(128)60-24-16-31-106(60)84(133)51(27-28-63(89)110)94-74(123)55(38-65(112)113)101-76(125)57(40-67(116)117)99-72(121)53(35-44(2)3)97-71(120)49(88)36-47-19-11-9-12-20-47/h9-14,19-22,44-46,49-62,69-70,109H,8,15-18,23-43,88H2,1-7H3,(H2,89,110)(H,93,128)(H,94,123)(H,95,131)(H,96,124)(H,97,120)(H,98,127)(H,99,121)(H,100,122)(H,101,125)(H,102,126)(H,103,129)(H,104,111)(H,105,130)(H,112,113)(H,114,115)(H,116,117)(H,118,119)(H,135,136)(H4,90,91,92)/t46-,49-,50-,51-,52-,53-,54-,55-,56-,57-,58-,59-,60-,61-,62-,69-,70-/m0/s1. The smallest absolute Gasteiger partial charge is 0.326 e. The number of carbonyl (C=O) groups is 22. The van der Waals surface area contributed by atoms with Crippen LogP contribution in [0.15, 0.2) is 60.7 Å². The summed E-state index contributed by atoms with van der Waals surface area (Å²) in [6.45, 7) is 7.61. The lowest BCUT2D eigenvalue weighted by atomic mass is 9.96. The molecule has 17 atom stereocenters. The second-order valence-electron chi connectivity index (χ2n) is 34.4. The van der Waals surface area contributed by atoms with Crippen LogP contribution >= 0.6 is 11.8 Å². The van der Waals surface area contributed by atoms with Crippen molar-refractivity contribution in [2.75, 3.05) is 51.3 Å². The van der Waals surface area contributed by atoms with Crippen molar-refractivity contribution >= 4 is 148 Å². The Morgan fingerprint density at radius 1 is 0.438 bits per heavy atom. The van der Waals surface area contributed by atoms with Crippen LogP contribution in [0.1, 0.15) is 162 Å². The maximum absolute atomic E-state index is 15.0. The number of nitrogens with two attached hydrogens (primary N) is 3. The van der Waals surface area contributed by atoms with Crippen molar-refractivity contribution in [3.63, 3.8) is 0 Å². The van der Waals surface area contributed by atoms with E-state index in [4.69, 9.17) is 22.6 Å². The number of rotatable bonds is 58. The first-order valence-corrected chi connectivity index (χ1v) is 46.3. The van der Waals surface area contributed by atoms with E-state index in [0.717, 1.165) is 9.80 Å². The molecule has 2 aromatic carbocycles. The minimum Gasteiger partial charge on any atom is -0.481 e. The molecule has 3 aliphatic heterocycles. The number of carboxylic acids is 5. The van der Waals surface area contributed by atoms with Crippen molar-refractivity contribution in [2.24, 2.45) is 35.0 Å². The summed E-state index contributed by atoms with van der Waals surface area (Å²) in [6, 6.07) is -9.51. The van der Waals surface area contributed by atoms with E-state index in [0.29, 0.717) is 11.1 Å². The van der Waals surface area contributed by atoms with Gasteiger partial charge in [-0.2, -0.15) is 11.8 Å². The molecule has 3 fully saturated rings. The van der Waals surface area contributed by atoms with E-state index < -0.39 is 296 Å². The lowest BCUT2D eigenvalue weighted by molar-refractivity contribution is -0.145. The number of nitrogens with one attached hydrogen (secondary N) is 15. The SMILES string of the molecule is CC[C@H](C)[C@H](NC(=O)[C@@H]1CCCN1C(=O)[C@H](CCCNC(=N)N)NC(=O)[C@@H](NC(=O)CNC(=O)[C@@H]1CCCN1C(=O)[C@H](CCC(N)=O)NC(=O)[C@H](CC(=O)O)NC(=O)[C@H](CC(=O)O)NC(=O)[C@H](CC(C)C)NC(=O)[C@@H](N)Cc1ccccc1)C(C)C)C(=O)N1CCC[C@H]1C(=O)N[C@@H](CO)C(=O)N[C@@H](Cc1ccccc1)C(=O)N[C@@H](CC(=O)O)C(=O)N[C@@H](CC(=O)O)C(=O)N[C@@H](CCSC)C(=O)O. The highest BCUT2D eigenvalue weighted by Crippen LogP contribution is 2.27. The Bertz CT molecular complexity index is 4630. The van der Waals surface area contributed by atoms with Gasteiger partial charge in [-0.15, -0.1) is 0 Å². The fourth-order valence-corrected chi connectivity index (χ4v) is 15.9. The van der Waals surface area contributed by atoms with Gasteiger partial charge in [-0.3, -0.25) is 106 Å². The van der Waals surface area contributed by atoms with Gasteiger partial charge in [-0.25, -0.2) is 4.79 Å². The molecule has 0 spiro atoms. The van der Waals surface area contributed by atoms with Gasteiger partial charge in [0.05, 0.1) is 44.9 Å². The van der Waals surface area contributed by atoms with Gasteiger partial charge in [-0.1, -0.05) is 109 Å². The van der Waals surface area contributed by atoms with Crippen LogP contribution in [0.3, 0.4) is 0 Å². The summed E-state index contributed by atoms with van der Waals surface area (Å²) in [4.78, 5) is 303. The monoisotopic (exact) mass is 1950 g/mol. The van der Waals surface area contributed by atoms with Gasteiger partial charge >= 0.3 is 29.8 Å². The molecule has 0 aliphatic carbocycles. The summed E-state index contributed by atoms with van der Waals surface area (Å²) in [7, 11) is 0. The molecule has 17 amide bonds. The van der Waals surface area contributed by atoms with Crippen LogP contribution in [0.25, 0.3) is 0 Å². The zero-order valence-corrected chi connectivity index (χ0v) is 78.1. The number of likely N-dealkylation sites (tertiary alicyclic amines) is 3. The highest BCUT2D eigenvalue weighted by Gasteiger charge is 2.47. The van der Waals surface area contributed by atoms with Crippen molar-refractivity contribution in [1.29, 1.82) is 5.41 Å². The van der Waals surface area contributed by atoms with Gasteiger partial charge in [0.25, 0.3) is 0 Å². The number of thioether (sulfide) groups is 1. The molecule has 0 unspecified atom stereocenters. The molecule has 3 heterocycles. The molecule has 27 N–H and O–H groups in total. The number of primary amides is 1. The van der Waals surface area contributed by atoms with E-state index in [1.165, 1.54) is 28.8 Å². The highest BCUT2D eigenvalue weighted by molar-refractivity contribution is 7.98. The minimum atomic E-state index is -2.12. The average Bonchev–Trinajstić information content (AvgIpc) is 1.69. The van der Waals surface area contributed by atoms with Gasteiger partial charge in [-0.05, 0) is 118 Å². The normalized spacial score (nSPS) is 17.5. The number of carbonyl (C=O) groups excluding carboxylic acids is 17. The molecule has 0 aromatic heterocycles. The van der Waals surface area contributed by atoms with Crippen LogP contribution in [0.2, 0.25) is 0 Å². The summed E-state index contributed by atoms with van der Waals surface area (Å²) in [5.41, 5.74) is 18.3. The lowest BCUT2D eigenvalue weighted by Crippen LogP contribution is -2.61. The van der Waals surface area contributed by atoms with Crippen LogP contribution in [-0.2, 0) is 118 Å². The molecule has 0 bridgehead atoms. The van der Waals surface area contributed by atoms with E-state index in [9.17, 15) is 136 Å². The molecular formula is C87H129N21O28S. The Labute approximate surface area is 793 Å². The van der Waals surface area contributed by atoms with E-state index in [2.05, 4.69) is 74.4 Å². The van der Waals surface area contributed by atoms with E-state index in [1.807, 2.05) is 0 Å². The van der Waals surface area contributed by atoms with Crippen molar-refractivity contribution in [3.05, 3.63) is 71.8 Å². The van der Waals surface area contributed by atoms with Crippen LogP contribution in [0.4, 0.5) is 0 Å². The second kappa shape index (κ2) is 56.6. The van der Waals surface area contributed by atoms with Crippen molar-refractivity contribution in [3.8, 4) is 0 Å². The van der Waals surface area contributed by atoms with Gasteiger partial charge < -0.3 is 137 Å². The Hall–Kier alpha value is -13.7. The number of hydrogen-bond donors (Lipinski definition) is 24. The molecular weight excluding hydrogens is 1820 g/mol. The fourth-order valence-electron chi connectivity index (χ4n) is 15.5. The zero-order valence-electron chi connectivity index (χ0n) is 77.3. The zero-order chi connectivity index (χ0) is 102. The molecule has 137 heavy (non-hydrogen) atoms. The summed E-state index contributed by atoms with van der Waals surface area (Å²) in [6.07, 6.45) is -3.86. The number of aliphatic hydroxyl groups excluding tert-OH is 1. The molecule has 756 valence electrons. The molecule has 49 nitrogen and oxygen atoms in total. The van der Waals surface area contributed by atoms with Crippen molar-refractivity contribution < 1.29 is 136 Å². The van der Waals surface area contributed by atoms with Gasteiger partial charge in [0, 0.05) is 39.0 Å². The third-order valence-electron chi connectivity index (χ3n) is 22.9. The third-order valence-corrected chi connectivity index (χ3v) is 23.5. The third kappa shape index (κ3) is 37.5. The fraction of sp³-hybridized carbons (Fsp3) is 0.598. The van der Waals surface area contributed by atoms with E-state index in [1.54, 1.807) is 96.3 Å². The van der Waals surface area contributed by atoms with E-state index in [-0.39, 0.29) is 121 Å². The summed E-state index contributed by atoms with van der Waals surface area (Å²) >= 11 is 1.24. The molecule has 5 rings (SSSR count).